The van der Waals surface area contributed by atoms with Crippen molar-refractivity contribution in [2.45, 2.75) is 50.7 Å². The number of hydrogen-bond acceptors (Lipinski definition) is 9. The quantitative estimate of drug-likeness (QED) is 0.218. The number of halogens is 3. The highest BCUT2D eigenvalue weighted by Gasteiger charge is 2.51. The van der Waals surface area contributed by atoms with Gasteiger partial charge in [-0.05, 0) is 78.6 Å². The summed E-state index contributed by atoms with van der Waals surface area (Å²) >= 11 is 0. The van der Waals surface area contributed by atoms with Crippen LogP contribution in [0.25, 0.3) is 32.9 Å². The van der Waals surface area contributed by atoms with Gasteiger partial charge in [0, 0.05) is 57.9 Å². The maximum atomic E-state index is 17.1. The highest BCUT2D eigenvalue weighted by atomic mass is 19.1. The number of carbonyl (C=O) groups excluding carboxylic acids is 1. The number of nitrogens with one attached hydrogen (secondary N) is 1. The number of hydrogen-bond donors (Lipinski definition) is 1. The van der Waals surface area contributed by atoms with Gasteiger partial charge in [-0.15, -0.1) is 0 Å². The van der Waals surface area contributed by atoms with Crippen molar-refractivity contribution in [1.29, 1.82) is 0 Å². The lowest BCUT2D eigenvalue weighted by Crippen LogP contribution is -2.44. The molecular formula is C37H41F3N6O4. The third-order valence-electron chi connectivity index (χ3n) is 11.4. The number of ether oxygens (including phenoxy) is 3. The second-order valence-corrected chi connectivity index (χ2v) is 14.2. The van der Waals surface area contributed by atoms with Crippen LogP contribution in [0.15, 0.2) is 30.5 Å². The van der Waals surface area contributed by atoms with Crippen LogP contribution in [0.4, 0.5) is 19.0 Å². The van der Waals surface area contributed by atoms with E-state index in [1.807, 2.05) is 6.92 Å². The minimum atomic E-state index is -0.928. The predicted molar refractivity (Wildman–Crippen MR) is 182 cm³/mol. The lowest BCUT2D eigenvalue weighted by molar-refractivity contribution is -0.131. The van der Waals surface area contributed by atoms with Crippen LogP contribution in [-0.2, 0) is 16.0 Å². The van der Waals surface area contributed by atoms with E-state index < -0.39 is 23.3 Å². The summed E-state index contributed by atoms with van der Waals surface area (Å²) in [7, 11) is 3.15. The molecule has 5 heterocycles. The number of benzene rings is 2. The number of aromatic nitrogens is 3. The largest absolute Gasteiger partial charge is 0.468 e. The topological polar surface area (TPSA) is 102 Å². The molecule has 13 heteroatoms. The van der Waals surface area contributed by atoms with Gasteiger partial charge >= 0.3 is 6.01 Å². The van der Waals surface area contributed by atoms with E-state index in [4.69, 9.17) is 19.2 Å². The van der Waals surface area contributed by atoms with Crippen molar-refractivity contribution in [3.63, 3.8) is 0 Å². The molecule has 1 saturated carbocycles. The van der Waals surface area contributed by atoms with E-state index in [2.05, 4.69) is 25.1 Å². The molecule has 10 nitrogen and oxygen atoms in total. The van der Waals surface area contributed by atoms with Crippen LogP contribution in [0.5, 0.6) is 11.8 Å². The maximum Gasteiger partial charge on any atom is 0.319 e. The molecule has 1 amide bonds. The van der Waals surface area contributed by atoms with Crippen LogP contribution in [0.3, 0.4) is 0 Å². The fourth-order valence-corrected chi connectivity index (χ4v) is 8.96. The molecule has 2 aromatic carbocycles. The molecule has 0 radical (unpaired) electrons. The summed E-state index contributed by atoms with van der Waals surface area (Å²) in [6.07, 6.45) is 3.91. The smallest absolute Gasteiger partial charge is 0.319 e. The lowest BCUT2D eigenvalue weighted by atomic mass is 9.66. The van der Waals surface area contributed by atoms with Crippen molar-refractivity contribution in [1.82, 2.24) is 25.2 Å². The summed E-state index contributed by atoms with van der Waals surface area (Å²) in [5.41, 5.74) is 0.346. The van der Waals surface area contributed by atoms with Crippen molar-refractivity contribution >= 4 is 33.4 Å². The summed E-state index contributed by atoms with van der Waals surface area (Å²) in [5.74, 6) is 0.186. The van der Waals surface area contributed by atoms with Crippen LogP contribution >= 0.6 is 0 Å². The Balaban J connectivity index is 1.25. The Morgan fingerprint density at radius 3 is 2.80 bits per heavy atom. The summed E-state index contributed by atoms with van der Waals surface area (Å²) in [4.78, 5) is 30.8. The number of carbonyl (C=O) groups is 1. The fourth-order valence-electron chi connectivity index (χ4n) is 8.96. The first-order valence-corrected chi connectivity index (χ1v) is 17.5. The molecule has 4 aromatic rings. The summed E-state index contributed by atoms with van der Waals surface area (Å²) in [6.45, 7) is 4.41. The standard InChI is InChI=1S/C37H41F3N6O4/c1-4-24-29(39)7-6-20-10-23(50-19-48-3)12-26(30(20)24)32-31(40)33-27(14-42-32)34(45-15-21-11-25(28(21)17-45)35(47)41-2)44-36(43-33)49-18-37-8-5-9-46(37)16-22(38)13-37/h6-7,10,12,14,21-22,25,28H,4-5,8-9,11,13,15-19H2,1-3H3,(H,41,47)/t21?,22-,25?,28?,37+/m1/s1. The Morgan fingerprint density at radius 1 is 1.14 bits per heavy atom. The van der Waals surface area contributed by atoms with E-state index in [-0.39, 0.29) is 48.4 Å². The van der Waals surface area contributed by atoms with E-state index in [0.717, 1.165) is 25.8 Å². The highest BCUT2D eigenvalue weighted by Crippen LogP contribution is 2.48. The molecular weight excluding hydrogens is 649 g/mol. The van der Waals surface area contributed by atoms with Crippen LogP contribution in [0, 0.1) is 29.4 Å². The maximum absolute atomic E-state index is 17.1. The molecule has 8 rings (SSSR count). The van der Waals surface area contributed by atoms with Crippen LogP contribution in [-0.4, -0.2) is 91.2 Å². The van der Waals surface area contributed by atoms with Crippen molar-refractivity contribution in [2.24, 2.45) is 17.8 Å². The Hall–Kier alpha value is -4.23. The molecule has 1 N–H and O–H groups in total. The monoisotopic (exact) mass is 690 g/mol. The van der Waals surface area contributed by atoms with Crippen molar-refractivity contribution in [3.05, 3.63) is 47.7 Å². The zero-order valence-corrected chi connectivity index (χ0v) is 28.5. The normalized spacial score (nSPS) is 25.9. The molecule has 3 aliphatic heterocycles. The molecule has 0 spiro atoms. The zero-order valence-electron chi connectivity index (χ0n) is 28.5. The second kappa shape index (κ2) is 12.8. The minimum absolute atomic E-state index is 0.00323. The van der Waals surface area contributed by atoms with E-state index in [1.165, 1.54) is 13.2 Å². The van der Waals surface area contributed by atoms with Gasteiger partial charge in [0.2, 0.25) is 5.91 Å². The first-order chi connectivity index (χ1) is 24.2. The third kappa shape index (κ3) is 5.40. The minimum Gasteiger partial charge on any atom is -0.468 e. The Bertz CT molecular complexity index is 1980. The molecule has 1 aliphatic carbocycles. The number of anilines is 1. The Labute approximate surface area is 288 Å². The van der Waals surface area contributed by atoms with Gasteiger partial charge in [-0.3, -0.25) is 14.7 Å². The average molecular weight is 691 g/mol. The number of alkyl halides is 1. The van der Waals surface area contributed by atoms with Crippen molar-refractivity contribution in [2.75, 3.05) is 58.6 Å². The van der Waals surface area contributed by atoms with E-state index in [1.54, 1.807) is 31.4 Å². The molecule has 264 valence electrons. The predicted octanol–water partition coefficient (Wildman–Crippen LogP) is 5.44. The summed E-state index contributed by atoms with van der Waals surface area (Å²) in [6, 6.07) is 6.46. The molecule has 4 fully saturated rings. The van der Waals surface area contributed by atoms with Gasteiger partial charge in [0.05, 0.1) is 10.9 Å². The molecule has 0 bridgehead atoms. The fraction of sp³-hybridized carbons (Fsp3) is 0.514. The van der Waals surface area contributed by atoms with Crippen molar-refractivity contribution in [3.8, 4) is 23.0 Å². The lowest BCUT2D eigenvalue weighted by Gasteiger charge is -2.37. The summed E-state index contributed by atoms with van der Waals surface area (Å²) in [5, 5.41) is 4.38. The SMILES string of the molecule is CCc1c(F)ccc2cc(OCOC)cc(-c3ncc4c(N5CC6CC(C(=O)NC)C6C5)nc(OC[C@@]56CCCN5C[C@H](F)C6)nc4c3F)c12. The average Bonchev–Trinajstić information content (AvgIpc) is 3.75. The van der Waals surface area contributed by atoms with E-state index >= 15 is 8.78 Å². The van der Waals surface area contributed by atoms with E-state index in [9.17, 15) is 9.18 Å². The number of rotatable bonds is 10. The number of methoxy groups -OCH3 is 1. The Kier molecular flexibility index (Phi) is 8.45. The molecule has 5 atom stereocenters. The number of pyridine rings is 1. The van der Waals surface area contributed by atoms with Gasteiger partial charge in [0.1, 0.15) is 41.4 Å². The van der Waals surface area contributed by atoms with E-state index in [0.29, 0.717) is 77.2 Å². The van der Waals surface area contributed by atoms with Gasteiger partial charge in [0.15, 0.2) is 12.6 Å². The van der Waals surface area contributed by atoms with Crippen LogP contribution in [0.2, 0.25) is 0 Å². The third-order valence-corrected chi connectivity index (χ3v) is 11.4. The first kappa shape index (κ1) is 32.9. The summed E-state index contributed by atoms with van der Waals surface area (Å²) < 4.78 is 64.1. The zero-order chi connectivity index (χ0) is 34.7. The number of aryl methyl sites for hydroxylation is 1. The second-order valence-electron chi connectivity index (χ2n) is 14.2. The van der Waals surface area contributed by atoms with Crippen LogP contribution < -0.4 is 19.7 Å². The number of fused-ring (bicyclic) bond motifs is 4. The Morgan fingerprint density at radius 2 is 2.00 bits per heavy atom. The molecule has 3 saturated heterocycles. The molecule has 50 heavy (non-hydrogen) atoms. The highest BCUT2D eigenvalue weighted by molar-refractivity contribution is 6.02. The number of nitrogens with zero attached hydrogens (tertiary/aromatic N) is 5. The van der Waals surface area contributed by atoms with Gasteiger partial charge in [-0.1, -0.05) is 13.0 Å². The van der Waals surface area contributed by atoms with Gasteiger partial charge in [-0.2, -0.15) is 9.97 Å². The molecule has 4 aliphatic rings. The van der Waals surface area contributed by atoms with Gasteiger partial charge < -0.3 is 24.4 Å². The van der Waals surface area contributed by atoms with Gasteiger partial charge in [-0.25, -0.2) is 13.2 Å². The number of amides is 1. The molecule has 2 aromatic heterocycles. The first-order valence-electron chi connectivity index (χ1n) is 17.5. The van der Waals surface area contributed by atoms with Crippen molar-refractivity contribution < 1.29 is 32.2 Å². The molecule has 3 unspecified atom stereocenters. The van der Waals surface area contributed by atoms with Crippen LogP contribution in [0.1, 0.15) is 38.2 Å². The van der Waals surface area contributed by atoms with Gasteiger partial charge in [0.25, 0.3) is 0 Å².